The Labute approximate surface area is 106 Å². The van der Waals surface area contributed by atoms with E-state index in [1.807, 2.05) is 43.8 Å². The Bertz CT molecular complexity index is 567. The Morgan fingerprint density at radius 2 is 2.00 bits per heavy atom. The zero-order valence-electron chi connectivity index (χ0n) is 10.5. The quantitative estimate of drug-likeness (QED) is 0.893. The molecule has 2 aromatic rings. The van der Waals surface area contributed by atoms with Crippen LogP contribution in [0.15, 0.2) is 18.3 Å². The van der Waals surface area contributed by atoms with Crippen molar-refractivity contribution in [1.29, 1.82) is 0 Å². The molecule has 1 aromatic heterocycles. The van der Waals surface area contributed by atoms with Gasteiger partial charge in [-0.05, 0) is 31.5 Å². The molecule has 0 saturated carbocycles. The second-order valence-corrected chi connectivity index (χ2v) is 5.29. The Morgan fingerprint density at radius 3 is 2.53 bits per heavy atom. The molecular formula is C13H17ClN2O. The van der Waals surface area contributed by atoms with Gasteiger partial charge in [-0.25, -0.2) is 0 Å². The summed E-state index contributed by atoms with van der Waals surface area (Å²) in [6.07, 6.45) is 2.04. The molecule has 3 nitrogen and oxygen atoms in total. The summed E-state index contributed by atoms with van der Waals surface area (Å²) >= 11 is 6.13. The maximum absolute atomic E-state index is 6.18. The fourth-order valence-corrected chi connectivity index (χ4v) is 2.29. The standard InChI is InChI=1S/C13H17ClN2O/c1-13(2,15)9-7-16(3)11-6-10(14)12(17-4)5-8(9)11/h5-7H,15H2,1-4H3. The van der Waals surface area contributed by atoms with E-state index in [0.29, 0.717) is 10.8 Å². The first-order valence-electron chi connectivity index (χ1n) is 5.46. The van der Waals surface area contributed by atoms with Crippen molar-refractivity contribution in [2.24, 2.45) is 12.8 Å². The van der Waals surface area contributed by atoms with E-state index in [9.17, 15) is 0 Å². The number of fused-ring (bicyclic) bond motifs is 1. The Kier molecular flexibility index (Phi) is 2.84. The first-order valence-corrected chi connectivity index (χ1v) is 5.84. The number of hydrogen-bond donors (Lipinski definition) is 1. The van der Waals surface area contributed by atoms with Crippen molar-refractivity contribution in [1.82, 2.24) is 4.57 Å². The topological polar surface area (TPSA) is 40.2 Å². The summed E-state index contributed by atoms with van der Waals surface area (Å²) in [4.78, 5) is 0. The molecule has 2 rings (SSSR count). The molecular weight excluding hydrogens is 236 g/mol. The van der Waals surface area contributed by atoms with Gasteiger partial charge in [-0.2, -0.15) is 0 Å². The molecule has 92 valence electrons. The van der Waals surface area contributed by atoms with Gasteiger partial charge in [-0.15, -0.1) is 0 Å². The number of aryl methyl sites for hydroxylation is 1. The lowest BCUT2D eigenvalue weighted by atomic mass is 9.95. The normalized spacial score (nSPS) is 12.1. The number of methoxy groups -OCH3 is 1. The molecule has 0 aliphatic carbocycles. The zero-order valence-corrected chi connectivity index (χ0v) is 11.3. The Morgan fingerprint density at radius 1 is 1.35 bits per heavy atom. The van der Waals surface area contributed by atoms with Crippen LogP contribution in [0.2, 0.25) is 5.02 Å². The van der Waals surface area contributed by atoms with Crippen LogP contribution in [0, 0.1) is 0 Å². The summed E-state index contributed by atoms with van der Waals surface area (Å²) in [5.41, 5.74) is 7.94. The molecule has 2 N–H and O–H groups in total. The van der Waals surface area contributed by atoms with E-state index in [2.05, 4.69) is 0 Å². The molecule has 17 heavy (non-hydrogen) atoms. The first kappa shape index (κ1) is 12.3. The van der Waals surface area contributed by atoms with Crippen LogP contribution in [0.3, 0.4) is 0 Å². The first-order chi connectivity index (χ1) is 7.84. The highest BCUT2D eigenvalue weighted by atomic mass is 35.5. The van der Waals surface area contributed by atoms with Crippen molar-refractivity contribution in [2.75, 3.05) is 7.11 Å². The minimum absolute atomic E-state index is 0.391. The molecule has 0 bridgehead atoms. The van der Waals surface area contributed by atoms with Gasteiger partial charge in [0, 0.05) is 29.7 Å². The van der Waals surface area contributed by atoms with Gasteiger partial charge < -0.3 is 15.0 Å². The van der Waals surface area contributed by atoms with Crippen LogP contribution >= 0.6 is 11.6 Å². The van der Waals surface area contributed by atoms with Gasteiger partial charge in [0.1, 0.15) is 5.75 Å². The van der Waals surface area contributed by atoms with E-state index in [0.717, 1.165) is 16.5 Å². The Balaban J connectivity index is 2.81. The van der Waals surface area contributed by atoms with Gasteiger partial charge in [-0.3, -0.25) is 0 Å². The number of nitrogens with zero attached hydrogens (tertiary/aromatic N) is 1. The molecule has 0 atom stereocenters. The van der Waals surface area contributed by atoms with Crippen molar-refractivity contribution >= 4 is 22.5 Å². The summed E-state index contributed by atoms with van der Waals surface area (Å²) in [5, 5.41) is 1.70. The average Bonchev–Trinajstić information content (AvgIpc) is 2.54. The summed E-state index contributed by atoms with van der Waals surface area (Å²) in [5.74, 6) is 0.677. The van der Waals surface area contributed by atoms with E-state index in [1.165, 1.54) is 0 Å². The summed E-state index contributed by atoms with van der Waals surface area (Å²) in [6.45, 7) is 3.98. The maximum atomic E-state index is 6.18. The predicted octanol–water partition coefficient (Wildman–Crippen LogP) is 3.03. The number of aromatic nitrogens is 1. The van der Waals surface area contributed by atoms with Crippen molar-refractivity contribution in [3.63, 3.8) is 0 Å². The lowest BCUT2D eigenvalue weighted by molar-refractivity contribution is 0.415. The van der Waals surface area contributed by atoms with Crippen LogP contribution in [0.25, 0.3) is 10.9 Å². The lowest BCUT2D eigenvalue weighted by Gasteiger charge is -2.17. The number of halogens is 1. The van der Waals surface area contributed by atoms with E-state index in [1.54, 1.807) is 7.11 Å². The largest absolute Gasteiger partial charge is 0.495 e. The van der Waals surface area contributed by atoms with Gasteiger partial charge in [0.15, 0.2) is 0 Å². The molecule has 0 spiro atoms. The minimum Gasteiger partial charge on any atom is -0.495 e. The van der Waals surface area contributed by atoms with Crippen LogP contribution in [-0.2, 0) is 12.6 Å². The van der Waals surface area contributed by atoms with Crippen LogP contribution in [0.1, 0.15) is 19.4 Å². The van der Waals surface area contributed by atoms with E-state index in [4.69, 9.17) is 22.1 Å². The highest BCUT2D eigenvalue weighted by Crippen LogP contribution is 2.35. The van der Waals surface area contributed by atoms with Crippen LogP contribution in [0.5, 0.6) is 5.75 Å². The highest BCUT2D eigenvalue weighted by molar-refractivity contribution is 6.32. The van der Waals surface area contributed by atoms with Gasteiger partial charge in [0.25, 0.3) is 0 Å². The molecule has 1 heterocycles. The second-order valence-electron chi connectivity index (χ2n) is 4.88. The van der Waals surface area contributed by atoms with Gasteiger partial charge in [0.05, 0.1) is 12.1 Å². The van der Waals surface area contributed by atoms with Gasteiger partial charge in [0.2, 0.25) is 0 Å². The molecule has 0 saturated heterocycles. The monoisotopic (exact) mass is 252 g/mol. The molecule has 4 heteroatoms. The fourth-order valence-electron chi connectivity index (χ4n) is 2.05. The molecule has 0 fully saturated rings. The van der Waals surface area contributed by atoms with Crippen molar-refractivity contribution in [3.8, 4) is 5.75 Å². The molecule has 0 aliphatic rings. The zero-order chi connectivity index (χ0) is 12.8. The van der Waals surface area contributed by atoms with Crippen molar-refractivity contribution in [2.45, 2.75) is 19.4 Å². The lowest BCUT2D eigenvalue weighted by Crippen LogP contribution is -2.28. The summed E-state index contributed by atoms with van der Waals surface area (Å²) in [6, 6.07) is 3.85. The van der Waals surface area contributed by atoms with Crippen LogP contribution < -0.4 is 10.5 Å². The molecule has 0 unspecified atom stereocenters. The average molecular weight is 253 g/mol. The maximum Gasteiger partial charge on any atom is 0.138 e. The summed E-state index contributed by atoms with van der Waals surface area (Å²) < 4.78 is 7.28. The number of rotatable bonds is 2. The van der Waals surface area contributed by atoms with E-state index in [-0.39, 0.29) is 0 Å². The minimum atomic E-state index is -0.391. The second kappa shape index (κ2) is 3.93. The number of ether oxygens (including phenoxy) is 1. The highest BCUT2D eigenvalue weighted by Gasteiger charge is 2.21. The smallest absolute Gasteiger partial charge is 0.138 e. The fraction of sp³-hybridized carbons (Fsp3) is 0.385. The van der Waals surface area contributed by atoms with Crippen LogP contribution in [0.4, 0.5) is 0 Å². The number of nitrogens with two attached hydrogens (primary N) is 1. The van der Waals surface area contributed by atoms with Crippen molar-refractivity contribution in [3.05, 3.63) is 28.9 Å². The van der Waals surface area contributed by atoms with E-state index >= 15 is 0 Å². The number of benzene rings is 1. The van der Waals surface area contributed by atoms with Gasteiger partial charge >= 0.3 is 0 Å². The third-order valence-corrected chi connectivity index (χ3v) is 3.25. The molecule has 1 aromatic carbocycles. The van der Waals surface area contributed by atoms with Crippen molar-refractivity contribution < 1.29 is 4.74 Å². The van der Waals surface area contributed by atoms with Gasteiger partial charge in [-0.1, -0.05) is 11.6 Å². The third-order valence-electron chi connectivity index (χ3n) is 2.96. The predicted molar refractivity (Wildman–Crippen MR) is 71.7 cm³/mol. The SMILES string of the molecule is COc1cc2c(C(C)(C)N)cn(C)c2cc1Cl. The molecule has 0 aliphatic heterocycles. The molecule has 0 radical (unpaired) electrons. The van der Waals surface area contributed by atoms with Crippen LogP contribution in [-0.4, -0.2) is 11.7 Å². The molecule has 0 amide bonds. The van der Waals surface area contributed by atoms with E-state index < -0.39 is 5.54 Å². The summed E-state index contributed by atoms with van der Waals surface area (Å²) in [7, 11) is 3.60. The number of hydrogen-bond acceptors (Lipinski definition) is 2. The third kappa shape index (κ3) is 2.01. The Hall–Kier alpha value is -1.19.